The Bertz CT molecular complexity index is 365. The molecule has 0 aliphatic heterocycles. The van der Waals surface area contributed by atoms with E-state index in [1.165, 1.54) is 0 Å². The van der Waals surface area contributed by atoms with Crippen molar-refractivity contribution in [2.45, 2.75) is 58.2 Å². The quantitative estimate of drug-likeness (QED) is 0.715. The van der Waals surface area contributed by atoms with Gasteiger partial charge in [-0.3, -0.25) is 4.90 Å². The van der Waals surface area contributed by atoms with E-state index in [1.54, 1.807) is 7.11 Å². The number of hydrogen-bond donors (Lipinski definition) is 1. The first-order chi connectivity index (χ1) is 10.2. The number of aliphatic hydroxyl groups excluding tert-OH is 1. The third kappa shape index (κ3) is 5.10. The van der Waals surface area contributed by atoms with Crippen LogP contribution in [0.2, 0.25) is 0 Å². The van der Waals surface area contributed by atoms with Crippen LogP contribution in [0.5, 0.6) is 0 Å². The van der Waals surface area contributed by atoms with Crippen LogP contribution >= 0.6 is 0 Å². The molecule has 0 saturated heterocycles. The predicted molar refractivity (Wildman–Crippen MR) is 88.4 cm³/mol. The van der Waals surface area contributed by atoms with Crippen molar-refractivity contribution in [1.29, 1.82) is 0 Å². The van der Waals surface area contributed by atoms with E-state index >= 15 is 0 Å². The molecule has 1 aromatic rings. The summed E-state index contributed by atoms with van der Waals surface area (Å²) in [6, 6.07) is 10.6. The second kappa shape index (κ2) is 9.93. The molecule has 0 bridgehead atoms. The minimum absolute atomic E-state index is 0.132. The highest BCUT2D eigenvalue weighted by atomic mass is 16.5. The van der Waals surface area contributed by atoms with E-state index in [0.717, 1.165) is 31.4 Å². The zero-order valence-electron chi connectivity index (χ0n) is 14.0. The van der Waals surface area contributed by atoms with E-state index in [4.69, 9.17) is 4.74 Å². The van der Waals surface area contributed by atoms with Crippen LogP contribution in [-0.2, 0) is 4.74 Å². The van der Waals surface area contributed by atoms with E-state index in [2.05, 4.69) is 25.7 Å². The molecule has 3 heteroatoms. The topological polar surface area (TPSA) is 32.7 Å². The molecule has 0 aromatic heterocycles. The van der Waals surface area contributed by atoms with E-state index in [9.17, 15) is 5.11 Å². The molecule has 2 atom stereocenters. The lowest BCUT2D eigenvalue weighted by Crippen LogP contribution is -2.47. The highest BCUT2D eigenvalue weighted by Crippen LogP contribution is 2.26. The fourth-order valence-corrected chi connectivity index (χ4v) is 3.09. The van der Waals surface area contributed by atoms with Crippen molar-refractivity contribution in [1.82, 2.24) is 4.90 Å². The Labute approximate surface area is 129 Å². The van der Waals surface area contributed by atoms with Gasteiger partial charge in [0.2, 0.25) is 0 Å². The molecule has 2 unspecified atom stereocenters. The zero-order valence-corrected chi connectivity index (χ0v) is 14.0. The van der Waals surface area contributed by atoms with Crippen molar-refractivity contribution in [2.75, 3.05) is 20.3 Å². The summed E-state index contributed by atoms with van der Waals surface area (Å²) in [6.45, 7) is 8.16. The van der Waals surface area contributed by atoms with Gasteiger partial charge in [0.15, 0.2) is 0 Å². The molecule has 1 aromatic carbocycles. The van der Waals surface area contributed by atoms with Gasteiger partial charge in [0.1, 0.15) is 0 Å². The molecule has 3 nitrogen and oxygen atoms in total. The Kier molecular flexibility index (Phi) is 8.58. The number of methoxy groups -OCH3 is 1. The predicted octanol–water partition coefficient (Wildman–Crippen LogP) is 3.64. The van der Waals surface area contributed by atoms with Gasteiger partial charge in [-0.1, -0.05) is 51.1 Å². The summed E-state index contributed by atoms with van der Waals surface area (Å²) >= 11 is 0. The second-order valence-electron chi connectivity index (χ2n) is 5.53. The number of rotatable bonds is 10. The van der Waals surface area contributed by atoms with Crippen LogP contribution in [0.4, 0.5) is 0 Å². The summed E-state index contributed by atoms with van der Waals surface area (Å²) in [5.41, 5.74) is 0.998. The van der Waals surface area contributed by atoms with Crippen molar-refractivity contribution in [3.63, 3.8) is 0 Å². The summed E-state index contributed by atoms with van der Waals surface area (Å²) in [4.78, 5) is 2.43. The standard InChI is InChI=1S/C18H31NO2/c1-5-16(6-2)19(13-14-21-4)17(7-3)18(20)15-11-9-8-10-12-15/h8-12,16-18,20H,5-7,13-14H2,1-4H3. The van der Waals surface area contributed by atoms with Crippen molar-refractivity contribution in [3.05, 3.63) is 35.9 Å². The number of benzene rings is 1. The van der Waals surface area contributed by atoms with Gasteiger partial charge in [-0.2, -0.15) is 0 Å². The van der Waals surface area contributed by atoms with Gasteiger partial charge in [0.05, 0.1) is 12.7 Å². The largest absolute Gasteiger partial charge is 0.387 e. The van der Waals surface area contributed by atoms with E-state index in [-0.39, 0.29) is 6.04 Å². The van der Waals surface area contributed by atoms with Crippen molar-refractivity contribution in [3.8, 4) is 0 Å². The Hall–Kier alpha value is -0.900. The molecule has 0 amide bonds. The highest BCUT2D eigenvalue weighted by molar-refractivity contribution is 5.19. The summed E-state index contributed by atoms with van der Waals surface area (Å²) < 4.78 is 5.27. The SMILES string of the molecule is CCC(CC)N(CCOC)C(CC)C(O)c1ccccc1. The first-order valence-corrected chi connectivity index (χ1v) is 8.17. The molecule has 0 aliphatic carbocycles. The van der Waals surface area contributed by atoms with Gasteiger partial charge >= 0.3 is 0 Å². The normalized spacial score (nSPS) is 14.6. The molecule has 0 aliphatic rings. The molecule has 0 radical (unpaired) electrons. The zero-order chi connectivity index (χ0) is 15.7. The van der Waals surface area contributed by atoms with Crippen LogP contribution in [0, 0.1) is 0 Å². The molecule has 21 heavy (non-hydrogen) atoms. The van der Waals surface area contributed by atoms with Crippen LogP contribution in [0.15, 0.2) is 30.3 Å². The average molecular weight is 293 g/mol. The number of nitrogens with zero attached hydrogens (tertiary/aromatic N) is 1. The van der Waals surface area contributed by atoms with Gasteiger partial charge < -0.3 is 9.84 Å². The van der Waals surface area contributed by atoms with Crippen LogP contribution in [0.25, 0.3) is 0 Å². The average Bonchev–Trinajstić information content (AvgIpc) is 2.54. The molecule has 0 spiro atoms. The Morgan fingerprint density at radius 2 is 1.67 bits per heavy atom. The molecular formula is C18H31NO2. The Morgan fingerprint density at radius 3 is 2.14 bits per heavy atom. The van der Waals surface area contributed by atoms with Gasteiger partial charge in [-0.15, -0.1) is 0 Å². The van der Waals surface area contributed by atoms with Gasteiger partial charge in [0, 0.05) is 25.7 Å². The molecule has 0 fully saturated rings. The summed E-state index contributed by atoms with van der Waals surface area (Å²) in [5, 5.41) is 10.8. The molecule has 0 saturated carbocycles. The minimum atomic E-state index is -0.450. The number of ether oxygens (including phenoxy) is 1. The molecule has 1 rings (SSSR count). The van der Waals surface area contributed by atoms with E-state index in [0.29, 0.717) is 12.6 Å². The lowest BCUT2D eigenvalue weighted by Gasteiger charge is -2.39. The van der Waals surface area contributed by atoms with Crippen molar-refractivity contribution in [2.24, 2.45) is 0 Å². The van der Waals surface area contributed by atoms with E-state index < -0.39 is 6.10 Å². The molecular weight excluding hydrogens is 262 g/mol. The summed E-state index contributed by atoms with van der Waals surface area (Å²) in [6.07, 6.45) is 2.67. The van der Waals surface area contributed by atoms with Gasteiger partial charge in [-0.25, -0.2) is 0 Å². The number of hydrogen-bond acceptors (Lipinski definition) is 3. The van der Waals surface area contributed by atoms with Gasteiger partial charge in [-0.05, 0) is 24.8 Å². The minimum Gasteiger partial charge on any atom is -0.387 e. The van der Waals surface area contributed by atoms with Crippen molar-refractivity contribution < 1.29 is 9.84 Å². The first-order valence-electron chi connectivity index (χ1n) is 8.17. The smallest absolute Gasteiger partial charge is 0.0945 e. The molecule has 120 valence electrons. The second-order valence-corrected chi connectivity index (χ2v) is 5.53. The Balaban J connectivity index is 2.94. The molecule has 1 N–H and O–H groups in total. The van der Waals surface area contributed by atoms with Crippen LogP contribution in [0.3, 0.4) is 0 Å². The summed E-state index contributed by atoms with van der Waals surface area (Å²) in [5.74, 6) is 0. The van der Waals surface area contributed by atoms with Crippen LogP contribution < -0.4 is 0 Å². The maximum absolute atomic E-state index is 10.8. The highest BCUT2D eigenvalue weighted by Gasteiger charge is 2.29. The maximum Gasteiger partial charge on any atom is 0.0945 e. The van der Waals surface area contributed by atoms with Gasteiger partial charge in [0.25, 0.3) is 0 Å². The van der Waals surface area contributed by atoms with E-state index in [1.807, 2.05) is 30.3 Å². The summed E-state index contributed by atoms with van der Waals surface area (Å²) in [7, 11) is 1.74. The third-order valence-electron chi connectivity index (χ3n) is 4.31. The monoisotopic (exact) mass is 293 g/mol. The Morgan fingerprint density at radius 1 is 1.05 bits per heavy atom. The molecule has 0 heterocycles. The maximum atomic E-state index is 10.8. The van der Waals surface area contributed by atoms with Crippen LogP contribution in [-0.4, -0.2) is 42.4 Å². The fraction of sp³-hybridized carbons (Fsp3) is 0.667. The lowest BCUT2D eigenvalue weighted by atomic mass is 9.96. The third-order valence-corrected chi connectivity index (χ3v) is 4.31. The first kappa shape index (κ1) is 18.1. The van der Waals surface area contributed by atoms with Crippen LogP contribution in [0.1, 0.15) is 51.7 Å². The van der Waals surface area contributed by atoms with Crippen molar-refractivity contribution >= 4 is 0 Å². The fourth-order valence-electron chi connectivity index (χ4n) is 3.09. The number of aliphatic hydroxyl groups is 1. The lowest BCUT2D eigenvalue weighted by molar-refractivity contribution is 0.00385.